The molecule has 0 bridgehead atoms. The van der Waals surface area contributed by atoms with Crippen molar-refractivity contribution in [2.75, 3.05) is 53.3 Å². The molecular formula is C12H23NO5. The molecule has 0 unspecified atom stereocenters. The van der Waals surface area contributed by atoms with Crippen LogP contribution in [0.25, 0.3) is 0 Å². The van der Waals surface area contributed by atoms with Crippen LogP contribution in [-0.4, -0.2) is 65.3 Å². The Morgan fingerprint density at radius 2 is 1.67 bits per heavy atom. The van der Waals surface area contributed by atoms with Crippen LogP contribution in [0.5, 0.6) is 0 Å². The summed E-state index contributed by atoms with van der Waals surface area (Å²) in [6.07, 6.45) is 2.33. The number of carbonyl (C=O) groups excluding carboxylic acids is 1. The first kappa shape index (κ1) is 15.4. The van der Waals surface area contributed by atoms with Crippen molar-refractivity contribution in [1.82, 2.24) is 5.32 Å². The summed E-state index contributed by atoms with van der Waals surface area (Å²) in [4.78, 5) is 11.2. The summed E-state index contributed by atoms with van der Waals surface area (Å²) in [5.74, 6) is -0.221. The SMILES string of the molecule is COCCOCCOCCOC(=O)CNC1CC1. The van der Waals surface area contributed by atoms with Gasteiger partial charge in [-0.15, -0.1) is 0 Å². The van der Waals surface area contributed by atoms with Gasteiger partial charge in [-0.2, -0.15) is 0 Å². The fourth-order valence-corrected chi connectivity index (χ4v) is 1.24. The molecule has 1 saturated carbocycles. The lowest BCUT2D eigenvalue weighted by Crippen LogP contribution is -2.27. The molecule has 106 valence electrons. The van der Waals surface area contributed by atoms with Crippen LogP contribution < -0.4 is 5.32 Å². The lowest BCUT2D eigenvalue weighted by Gasteiger charge is -2.07. The van der Waals surface area contributed by atoms with Crippen LogP contribution in [0.1, 0.15) is 12.8 Å². The first-order valence-electron chi connectivity index (χ1n) is 6.36. The Labute approximate surface area is 108 Å². The zero-order chi connectivity index (χ0) is 13.1. The van der Waals surface area contributed by atoms with E-state index in [1.165, 1.54) is 12.8 Å². The van der Waals surface area contributed by atoms with Gasteiger partial charge in [0.25, 0.3) is 0 Å². The third-order valence-corrected chi connectivity index (χ3v) is 2.41. The van der Waals surface area contributed by atoms with Gasteiger partial charge in [0.2, 0.25) is 0 Å². The molecule has 0 aromatic carbocycles. The van der Waals surface area contributed by atoms with Gasteiger partial charge in [0.05, 0.1) is 39.6 Å². The maximum absolute atomic E-state index is 11.2. The van der Waals surface area contributed by atoms with E-state index in [4.69, 9.17) is 18.9 Å². The lowest BCUT2D eigenvalue weighted by atomic mass is 10.6. The maximum Gasteiger partial charge on any atom is 0.320 e. The van der Waals surface area contributed by atoms with Crippen LogP contribution in [-0.2, 0) is 23.7 Å². The second-order valence-corrected chi connectivity index (χ2v) is 4.09. The molecule has 0 aliphatic heterocycles. The number of esters is 1. The first-order chi connectivity index (χ1) is 8.83. The van der Waals surface area contributed by atoms with E-state index in [-0.39, 0.29) is 5.97 Å². The molecule has 0 aromatic heterocycles. The first-order valence-corrected chi connectivity index (χ1v) is 6.36. The molecule has 0 spiro atoms. The molecule has 0 radical (unpaired) electrons. The van der Waals surface area contributed by atoms with E-state index >= 15 is 0 Å². The molecule has 6 nitrogen and oxygen atoms in total. The Bertz CT molecular complexity index is 221. The fourth-order valence-electron chi connectivity index (χ4n) is 1.24. The lowest BCUT2D eigenvalue weighted by molar-refractivity contribution is -0.144. The highest BCUT2D eigenvalue weighted by molar-refractivity contribution is 5.71. The summed E-state index contributed by atoms with van der Waals surface area (Å²) in [5.41, 5.74) is 0. The Morgan fingerprint density at radius 1 is 1.06 bits per heavy atom. The number of carbonyl (C=O) groups is 1. The van der Waals surface area contributed by atoms with E-state index < -0.39 is 0 Å². The van der Waals surface area contributed by atoms with Crippen molar-refractivity contribution in [3.05, 3.63) is 0 Å². The molecule has 0 saturated heterocycles. The zero-order valence-corrected chi connectivity index (χ0v) is 11.0. The predicted molar refractivity (Wildman–Crippen MR) is 65.5 cm³/mol. The van der Waals surface area contributed by atoms with Crippen LogP contribution >= 0.6 is 0 Å². The highest BCUT2D eigenvalue weighted by atomic mass is 16.6. The summed E-state index contributed by atoms with van der Waals surface area (Å²) < 4.78 is 20.3. The Balaban J connectivity index is 1.73. The minimum absolute atomic E-state index is 0.221. The summed E-state index contributed by atoms with van der Waals surface area (Å²) in [6.45, 7) is 3.19. The smallest absolute Gasteiger partial charge is 0.320 e. The topological polar surface area (TPSA) is 66.0 Å². The van der Waals surface area contributed by atoms with Gasteiger partial charge < -0.3 is 24.3 Å². The standard InChI is InChI=1S/C12H23NO5/c1-15-4-5-16-6-7-17-8-9-18-12(14)10-13-11-2-3-11/h11,13H,2-10H2,1H3. The highest BCUT2D eigenvalue weighted by Crippen LogP contribution is 2.17. The van der Waals surface area contributed by atoms with E-state index in [0.29, 0.717) is 52.2 Å². The molecule has 6 heteroatoms. The Hall–Kier alpha value is -0.690. The number of hydrogen-bond acceptors (Lipinski definition) is 6. The van der Waals surface area contributed by atoms with E-state index in [1.807, 2.05) is 0 Å². The third kappa shape index (κ3) is 9.35. The Kier molecular flexibility index (Phi) is 8.75. The molecule has 1 rings (SSSR count). The average Bonchev–Trinajstić information content (AvgIpc) is 3.18. The van der Waals surface area contributed by atoms with Gasteiger partial charge in [-0.3, -0.25) is 4.79 Å². The normalized spacial score (nSPS) is 14.7. The van der Waals surface area contributed by atoms with Crippen molar-refractivity contribution in [1.29, 1.82) is 0 Å². The minimum atomic E-state index is -0.221. The molecule has 1 fully saturated rings. The van der Waals surface area contributed by atoms with Crippen molar-refractivity contribution in [3.8, 4) is 0 Å². The number of ether oxygens (including phenoxy) is 4. The zero-order valence-electron chi connectivity index (χ0n) is 11.0. The van der Waals surface area contributed by atoms with Crippen molar-refractivity contribution >= 4 is 5.97 Å². The molecule has 0 aromatic rings. The number of rotatable bonds is 12. The second-order valence-electron chi connectivity index (χ2n) is 4.09. The van der Waals surface area contributed by atoms with Crippen LogP contribution in [0.4, 0.5) is 0 Å². The predicted octanol–water partition coefficient (Wildman–Crippen LogP) is -0.0388. The van der Waals surface area contributed by atoms with E-state index in [2.05, 4.69) is 5.32 Å². The van der Waals surface area contributed by atoms with Gasteiger partial charge in [-0.05, 0) is 12.8 Å². The molecule has 0 amide bonds. The van der Waals surface area contributed by atoms with Crippen LogP contribution in [0.15, 0.2) is 0 Å². The highest BCUT2D eigenvalue weighted by Gasteiger charge is 2.21. The quantitative estimate of drug-likeness (QED) is 0.393. The molecule has 0 heterocycles. The van der Waals surface area contributed by atoms with Crippen molar-refractivity contribution < 1.29 is 23.7 Å². The van der Waals surface area contributed by atoms with Gasteiger partial charge in [0.15, 0.2) is 0 Å². The van der Waals surface area contributed by atoms with Crippen molar-refractivity contribution in [3.63, 3.8) is 0 Å². The molecule has 1 N–H and O–H groups in total. The van der Waals surface area contributed by atoms with E-state index in [1.54, 1.807) is 7.11 Å². The number of nitrogens with one attached hydrogen (secondary N) is 1. The van der Waals surface area contributed by atoms with Gasteiger partial charge in [-0.25, -0.2) is 0 Å². The fraction of sp³-hybridized carbons (Fsp3) is 0.917. The van der Waals surface area contributed by atoms with Gasteiger partial charge in [0.1, 0.15) is 6.61 Å². The monoisotopic (exact) mass is 261 g/mol. The third-order valence-electron chi connectivity index (χ3n) is 2.41. The summed E-state index contributed by atoms with van der Waals surface area (Å²) in [6, 6.07) is 0.526. The van der Waals surface area contributed by atoms with Gasteiger partial charge in [0, 0.05) is 13.2 Å². The summed E-state index contributed by atoms with van der Waals surface area (Å²) in [7, 11) is 1.63. The van der Waals surface area contributed by atoms with Crippen molar-refractivity contribution in [2.45, 2.75) is 18.9 Å². The second kappa shape index (κ2) is 10.3. The molecule has 18 heavy (non-hydrogen) atoms. The van der Waals surface area contributed by atoms with Gasteiger partial charge in [-0.1, -0.05) is 0 Å². The summed E-state index contributed by atoms with van der Waals surface area (Å²) >= 11 is 0. The van der Waals surface area contributed by atoms with Gasteiger partial charge >= 0.3 is 5.97 Å². The van der Waals surface area contributed by atoms with E-state index in [0.717, 1.165) is 0 Å². The van der Waals surface area contributed by atoms with Crippen molar-refractivity contribution in [2.24, 2.45) is 0 Å². The average molecular weight is 261 g/mol. The minimum Gasteiger partial charge on any atom is -0.462 e. The largest absolute Gasteiger partial charge is 0.462 e. The number of methoxy groups -OCH3 is 1. The Morgan fingerprint density at radius 3 is 2.28 bits per heavy atom. The van der Waals surface area contributed by atoms with Crippen LogP contribution in [0, 0.1) is 0 Å². The summed E-state index contributed by atoms with van der Waals surface area (Å²) in [5, 5.41) is 3.09. The molecular weight excluding hydrogens is 238 g/mol. The molecule has 0 atom stereocenters. The van der Waals surface area contributed by atoms with Crippen LogP contribution in [0.2, 0.25) is 0 Å². The molecule has 1 aliphatic carbocycles. The van der Waals surface area contributed by atoms with Crippen LogP contribution in [0.3, 0.4) is 0 Å². The number of hydrogen-bond donors (Lipinski definition) is 1. The van der Waals surface area contributed by atoms with E-state index in [9.17, 15) is 4.79 Å². The molecule has 1 aliphatic rings. The maximum atomic E-state index is 11.2.